The summed E-state index contributed by atoms with van der Waals surface area (Å²) in [5, 5.41) is 0. The van der Waals surface area contributed by atoms with E-state index in [9.17, 15) is 9.59 Å². The number of carbonyl (C=O) groups is 2. The van der Waals surface area contributed by atoms with E-state index in [4.69, 9.17) is 9.47 Å². The van der Waals surface area contributed by atoms with Crippen LogP contribution >= 0.6 is 0 Å². The van der Waals surface area contributed by atoms with Crippen molar-refractivity contribution >= 4 is 11.9 Å². The highest BCUT2D eigenvalue weighted by molar-refractivity contribution is 5.94. The molecule has 0 radical (unpaired) electrons. The van der Waals surface area contributed by atoms with Crippen LogP contribution in [0.2, 0.25) is 0 Å². The highest BCUT2D eigenvalue weighted by atomic mass is 16.5. The summed E-state index contributed by atoms with van der Waals surface area (Å²) in [6.07, 6.45) is 0. The van der Waals surface area contributed by atoms with Gasteiger partial charge in [-0.2, -0.15) is 0 Å². The summed E-state index contributed by atoms with van der Waals surface area (Å²) in [5.41, 5.74) is 9.21. The zero-order chi connectivity index (χ0) is 28.2. The zero-order valence-electron chi connectivity index (χ0n) is 23.0. The van der Waals surface area contributed by atoms with Gasteiger partial charge in [-0.1, -0.05) is 90.0 Å². The minimum atomic E-state index is -0.473. The molecular formula is C36H30O4. The summed E-state index contributed by atoms with van der Waals surface area (Å²) in [5.74, 6) is -0.356. The Hall–Kier alpha value is -4.96. The molecule has 5 rings (SSSR count). The van der Waals surface area contributed by atoms with Crippen LogP contribution in [0.1, 0.15) is 43.0 Å². The van der Waals surface area contributed by atoms with E-state index >= 15 is 0 Å². The summed E-state index contributed by atoms with van der Waals surface area (Å²) in [4.78, 5) is 25.9. The molecule has 0 atom stereocenters. The summed E-state index contributed by atoms with van der Waals surface area (Å²) < 4.78 is 11.3. The Labute approximate surface area is 234 Å². The van der Waals surface area contributed by atoms with E-state index in [0.717, 1.165) is 33.4 Å². The molecule has 0 saturated carbocycles. The number of rotatable bonds is 6. The van der Waals surface area contributed by atoms with Crippen LogP contribution in [0.15, 0.2) is 109 Å². The fourth-order valence-electron chi connectivity index (χ4n) is 4.56. The van der Waals surface area contributed by atoms with Gasteiger partial charge in [0.25, 0.3) is 0 Å². The maximum Gasteiger partial charge on any atom is 0.343 e. The van der Waals surface area contributed by atoms with Gasteiger partial charge < -0.3 is 9.47 Å². The van der Waals surface area contributed by atoms with Crippen molar-refractivity contribution in [3.8, 4) is 33.8 Å². The maximum absolute atomic E-state index is 13.0. The second-order valence-electron chi connectivity index (χ2n) is 10.0. The first-order valence-electron chi connectivity index (χ1n) is 13.2. The molecule has 0 amide bonds. The number of hydrogen-bond acceptors (Lipinski definition) is 4. The van der Waals surface area contributed by atoms with Crippen molar-refractivity contribution in [2.75, 3.05) is 0 Å². The molecule has 5 aromatic carbocycles. The van der Waals surface area contributed by atoms with E-state index in [1.165, 1.54) is 11.1 Å². The number of hydrogen-bond donors (Lipinski definition) is 0. The first-order chi connectivity index (χ1) is 19.3. The van der Waals surface area contributed by atoms with E-state index < -0.39 is 11.9 Å². The van der Waals surface area contributed by atoms with Crippen molar-refractivity contribution in [1.82, 2.24) is 0 Å². The summed E-state index contributed by atoms with van der Waals surface area (Å²) in [6.45, 7) is 7.88. The van der Waals surface area contributed by atoms with Crippen LogP contribution < -0.4 is 9.47 Å². The van der Waals surface area contributed by atoms with Crippen molar-refractivity contribution < 1.29 is 19.1 Å². The molecule has 198 valence electrons. The number of carbonyl (C=O) groups excluding carboxylic acids is 2. The summed E-state index contributed by atoms with van der Waals surface area (Å²) >= 11 is 0. The van der Waals surface area contributed by atoms with Crippen LogP contribution in [-0.2, 0) is 0 Å². The Bertz CT molecular complexity index is 1570. The quantitative estimate of drug-likeness (QED) is 0.164. The van der Waals surface area contributed by atoms with Gasteiger partial charge in [0, 0.05) is 6.07 Å². The second kappa shape index (κ2) is 11.4. The van der Waals surface area contributed by atoms with Crippen LogP contribution in [0.25, 0.3) is 22.3 Å². The predicted octanol–water partition coefficient (Wildman–Crippen LogP) is 8.69. The van der Waals surface area contributed by atoms with E-state index in [1.807, 2.05) is 38.1 Å². The smallest absolute Gasteiger partial charge is 0.343 e. The van der Waals surface area contributed by atoms with Gasteiger partial charge in [-0.05, 0) is 85.3 Å². The minimum absolute atomic E-state index is 0.295. The highest BCUT2D eigenvalue weighted by Gasteiger charge is 2.16. The van der Waals surface area contributed by atoms with Crippen molar-refractivity contribution in [3.63, 3.8) is 0 Å². The van der Waals surface area contributed by atoms with Crippen molar-refractivity contribution in [3.05, 3.63) is 143 Å². The molecule has 4 heteroatoms. The molecular weight excluding hydrogens is 496 g/mol. The Morgan fingerprint density at radius 1 is 0.450 bits per heavy atom. The van der Waals surface area contributed by atoms with Gasteiger partial charge in [-0.25, -0.2) is 9.59 Å². The van der Waals surface area contributed by atoms with Crippen molar-refractivity contribution in [2.45, 2.75) is 27.7 Å². The summed E-state index contributed by atoms with van der Waals surface area (Å²) in [6, 6.07) is 34.4. The predicted molar refractivity (Wildman–Crippen MR) is 159 cm³/mol. The molecule has 4 nitrogen and oxygen atoms in total. The fourth-order valence-corrected chi connectivity index (χ4v) is 4.56. The van der Waals surface area contributed by atoms with E-state index in [1.54, 1.807) is 36.4 Å². The third kappa shape index (κ3) is 6.02. The lowest BCUT2D eigenvalue weighted by Gasteiger charge is -2.11. The minimum Gasteiger partial charge on any atom is -0.423 e. The molecule has 0 aliphatic heterocycles. The monoisotopic (exact) mass is 526 g/mol. The fraction of sp³-hybridized carbons (Fsp3) is 0.111. The van der Waals surface area contributed by atoms with Crippen molar-refractivity contribution in [1.29, 1.82) is 0 Å². The average Bonchev–Trinajstić information content (AvgIpc) is 2.94. The van der Waals surface area contributed by atoms with Gasteiger partial charge in [0.15, 0.2) is 0 Å². The molecule has 0 saturated heterocycles. The van der Waals surface area contributed by atoms with E-state index in [-0.39, 0.29) is 0 Å². The highest BCUT2D eigenvalue weighted by Crippen LogP contribution is 2.27. The second-order valence-corrected chi connectivity index (χ2v) is 10.0. The third-order valence-corrected chi connectivity index (χ3v) is 6.89. The van der Waals surface area contributed by atoms with Gasteiger partial charge in [-0.3, -0.25) is 0 Å². The van der Waals surface area contributed by atoms with Crippen LogP contribution in [0, 0.1) is 27.7 Å². The zero-order valence-corrected chi connectivity index (χ0v) is 23.0. The Balaban J connectivity index is 1.27. The molecule has 0 aliphatic rings. The molecule has 40 heavy (non-hydrogen) atoms. The number of ether oxygens (including phenoxy) is 2. The average molecular weight is 527 g/mol. The van der Waals surface area contributed by atoms with Crippen LogP contribution in [0.3, 0.4) is 0 Å². The molecule has 0 aromatic heterocycles. The lowest BCUT2D eigenvalue weighted by atomic mass is 9.99. The van der Waals surface area contributed by atoms with Crippen LogP contribution in [0.4, 0.5) is 0 Å². The maximum atomic E-state index is 13.0. The summed E-state index contributed by atoms with van der Waals surface area (Å²) in [7, 11) is 0. The Kier molecular flexibility index (Phi) is 7.61. The van der Waals surface area contributed by atoms with Crippen LogP contribution in [-0.4, -0.2) is 11.9 Å². The van der Waals surface area contributed by atoms with Gasteiger partial charge in [0.1, 0.15) is 11.5 Å². The SMILES string of the molecule is Cc1ccc(-c2ccc(C(=O)Oc3cccc(OC(=O)c4ccc(-c5ccc(C)cc5)cc4C)c3)c(C)c2)cc1. The third-order valence-electron chi connectivity index (χ3n) is 6.89. The lowest BCUT2D eigenvalue weighted by Crippen LogP contribution is -2.12. The Morgan fingerprint density at radius 2 is 0.825 bits per heavy atom. The number of benzene rings is 5. The Morgan fingerprint density at radius 3 is 1.20 bits per heavy atom. The molecule has 0 N–H and O–H groups in total. The number of esters is 2. The van der Waals surface area contributed by atoms with Gasteiger partial charge in [0.2, 0.25) is 0 Å². The molecule has 0 spiro atoms. The normalized spacial score (nSPS) is 10.7. The standard InChI is InChI=1S/C36H30O4/c1-23-8-12-27(13-9-23)29-16-18-33(25(3)20-29)35(37)39-31-6-5-7-32(22-31)40-36(38)34-19-17-30(21-26(34)4)28-14-10-24(2)11-15-28/h5-22H,1-4H3. The first kappa shape index (κ1) is 26.6. The molecule has 0 heterocycles. The topological polar surface area (TPSA) is 52.6 Å². The van der Waals surface area contributed by atoms with E-state index in [0.29, 0.717) is 22.6 Å². The molecule has 5 aromatic rings. The van der Waals surface area contributed by atoms with Crippen LogP contribution in [0.5, 0.6) is 11.5 Å². The molecule has 0 bridgehead atoms. The van der Waals surface area contributed by atoms with E-state index in [2.05, 4.69) is 62.4 Å². The molecule has 0 unspecified atom stereocenters. The lowest BCUT2D eigenvalue weighted by molar-refractivity contribution is 0.0732. The van der Waals surface area contributed by atoms with Gasteiger partial charge in [-0.15, -0.1) is 0 Å². The van der Waals surface area contributed by atoms with Crippen molar-refractivity contribution in [2.24, 2.45) is 0 Å². The number of aryl methyl sites for hydroxylation is 4. The molecule has 0 fully saturated rings. The largest absolute Gasteiger partial charge is 0.423 e. The van der Waals surface area contributed by atoms with Gasteiger partial charge >= 0.3 is 11.9 Å². The first-order valence-corrected chi connectivity index (χ1v) is 13.2. The molecule has 0 aliphatic carbocycles. The van der Waals surface area contributed by atoms with Gasteiger partial charge in [0.05, 0.1) is 11.1 Å².